The van der Waals surface area contributed by atoms with E-state index in [0.29, 0.717) is 6.61 Å². The zero-order chi connectivity index (χ0) is 65.8. The second-order valence-electron chi connectivity index (χ2n) is 26.8. The maximum atomic E-state index is 12.2. The van der Waals surface area contributed by atoms with Crippen LogP contribution >= 0.6 is 0 Å². The van der Waals surface area contributed by atoms with E-state index in [9.17, 15) is 5.11 Å². The van der Waals surface area contributed by atoms with Crippen molar-refractivity contribution in [2.75, 3.05) is 13.2 Å². The summed E-state index contributed by atoms with van der Waals surface area (Å²) < 4.78 is 113. The van der Waals surface area contributed by atoms with Crippen LogP contribution in [0.3, 0.4) is 0 Å². The van der Waals surface area contributed by atoms with Crippen molar-refractivity contribution in [3.63, 3.8) is 0 Å². The summed E-state index contributed by atoms with van der Waals surface area (Å²) in [5, 5.41) is 12.2. The Morgan fingerprint density at radius 2 is 0.713 bits per heavy atom. The van der Waals surface area contributed by atoms with Crippen molar-refractivity contribution in [1.82, 2.24) is 0 Å². The monoisotopic (exact) mass is 1310 g/mol. The van der Waals surface area contributed by atoms with E-state index in [4.69, 9.17) is 75.5 Å². The fraction of sp³-hybridized carbons (Fsp3) is 0.526. The summed E-state index contributed by atoms with van der Waals surface area (Å²) in [5.41, 5.74) is 6.38. The highest BCUT2D eigenvalue weighted by molar-refractivity contribution is 6.77. The van der Waals surface area contributed by atoms with E-state index >= 15 is 0 Å². The summed E-state index contributed by atoms with van der Waals surface area (Å²) in [4.78, 5) is 0. The normalized spacial score (nSPS) is 31.2. The van der Waals surface area contributed by atoms with Gasteiger partial charge in [-0.2, -0.15) is 0 Å². The third-order valence-electron chi connectivity index (χ3n) is 18.7. The minimum Gasteiger partial charge on any atom is -0.389 e. The van der Waals surface area contributed by atoms with Crippen LogP contribution in [0.2, 0.25) is 16.6 Å². The molecule has 5 fully saturated rings. The van der Waals surface area contributed by atoms with Crippen LogP contribution in [0.5, 0.6) is 0 Å². The molecule has 5 saturated heterocycles. The Balaban J connectivity index is 0.924. The average Bonchev–Trinajstić information content (AvgIpc) is 1.37. The average molecular weight is 1310 g/mol. The molecule has 0 radical (unpaired) electrons. The largest absolute Gasteiger partial charge is 0.389 e. The highest BCUT2D eigenvalue weighted by atomic mass is 28.4. The van der Waals surface area contributed by atoms with Crippen LogP contribution in [0.15, 0.2) is 182 Å². The van der Waals surface area contributed by atoms with Crippen LogP contribution < -0.4 is 0 Å². The fourth-order valence-corrected chi connectivity index (χ4v) is 19.5. The molecule has 5 aliphatic heterocycles. The van der Waals surface area contributed by atoms with Crippen molar-refractivity contribution >= 4 is 8.32 Å². The summed E-state index contributed by atoms with van der Waals surface area (Å²) in [6.45, 7) is 22.4. The number of ether oxygens (including phenoxy) is 15. The lowest BCUT2D eigenvalue weighted by molar-refractivity contribution is -0.377. The molecule has 94 heavy (non-hydrogen) atoms. The van der Waals surface area contributed by atoms with Gasteiger partial charge in [0.05, 0.1) is 65.1 Å². The molecular formula is C76H98O17Si. The third kappa shape index (κ3) is 17.4. The topological polar surface area (TPSA) is 168 Å². The fourth-order valence-electron chi connectivity index (χ4n) is 14.0. The van der Waals surface area contributed by atoms with Crippen molar-refractivity contribution in [2.24, 2.45) is 0 Å². The first-order chi connectivity index (χ1) is 45.5. The molecule has 5 heterocycles. The van der Waals surface area contributed by atoms with Gasteiger partial charge in [0.2, 0.25) is 8.32 Å². The van der Waals surface area contributed by atoms with Gasteiger partial charge >= 0.3 is 0 Å². The zero-order valence-corrected chi connectivity index (χ0v) is 57.1. The van der Waals surface area contributed by atoms with E-state index in [-0.39, 0.29) is 62.9 Å². The molecule has 6 aromatic carbocycles. The van der Waals surface area contributed by atoms with Crippen molar-refractivity contribution < 1.29 is 80.6 Å². The molecule has 508 valence electrons. The smallest absolute Gasteiger partial charge is 0.203 e. The number of rotatable bonds is 29. The number of fused-ring (bicyclic) bond motifs is 1. The summed E-state index contributed by atoms with van der Waals surface area (Å²) in [6.07, 6.45) is -15.9. The highest BCUT2D eigenvalue weighted by Gasteiger charge is 2.61. The summed E-state index contributed by atoms with van der Waals surface area (Å²) in [5.74, 6) is -1.13. The summed E-state index contributed by atoms with van der Waals surface area (Å²) in [7, 11) is -2.66. The van der Waals surface area contributed by atoms with Gasteiger partial charge in [-0.1, -0.05) is 224 Å². The van der Waals surface area contributed by atoms with Crippen LogP contribution in [0.4, 0.5) is 0 Å². The Morgan fingerprint density at radius 1 is 0.383 bits per heavy atom. The molecule has 18 atom stereocenters. The maximum absolute atomic E-state index is 12.2. The molecule has 17 nitrogen and oxygen atoms in total. The second-order valence-corrected chi connectivity index (χ2v) is 32.2. The first-order valence-electron chi connectivity index (χ1n) is 33.7. The van der Waals surface area contributed by atoms with Crippen LogP contribution in [0.1, 0.15) is 103 Å². The van der Waals surface area contributed by atoms with Crippen LogP contribution in [0.25, 0.3) is 0 Å². The third-order valence-corrected chi connectivity index (χ3v) is 24.8. The molecule has 11 rings (SSSR count). The molecule has 5 aliphatic rings. The lowest BCUT2D eigenvalue weighted by atomic mass is 9.97. The number of benzene rings is 6. The predicted molar refractivity (Wildman–Crippen MR) is 355 cm³/mol. The Labute approximate surface area is 556 Å². The van der Waals surface area contributed by atoms with Gasteiger partial charge in [0, 0.05) is 0 Å². The molecule has 0 spiro atoms. The Bertz CT molecular complexity index is 3130. The highest BCUT2D eigenvalue weighted by Crippen LogP contribution is 2.47. The predicted octanol–water partition coefficient (Wildman–Crippen LogP) is 12.9. The van der Waals surface area contributed by atoms with Crippen LogP contribution in [-0.2, 0) is 115 Å². The summed E-state index contributed by atoms with van der Waals surface area (Å²) >= 11 is 0. The van der Waals surface area contributed by atoms with Gasteiger partial charge in [-0.05, 0) is 77.7 Å². The number of aliphatic hydroxyl groups is 1. The van der Waals surface area contributed by atoms with Crippen molar-refractivity contribution in [3.05, 3.63) is 215 Å². The lowest BCUT2D eigenvalue weighted by Gasteiger charge is -2.51. The van der Waals surface area contributed by atoms with E-state index in [1.54, 1.807) is 0 Å². The van der Waals surface area contributed by atoms with E-state index in [1.807, 2.05) is 210 Å². The van der Waals surface area contributed by atoms with Gasteiger partial charge in [0.15, 0.2) is 30.9 Å². The zero-order valence-electron chi connectivity index (χ0n) is 56.1. The number of hydrogen-bond donors (Lipinski definition) is 1. The molecule has 0 unspecified atom stereocenters. The lowest BCUT2D eigenvalue weighted by Crippen LogP contribution is -2.66. The van der Waals surface area contributed by atoms with Crippen LogP contribution in [0, 0.1) is 0 Å². The first kappa shape index (κ1) is 70.2. The van der Waals surface area contributed by atoms with Gasteiger partial charge in [-0.3, -0.25) is 0 Å². The number of aliphatic hydroxyl groups excluding tert-OH is 1. The van der Waals surface area contributed by atoms with Crippen molar-refractivity contribution in [3.8, 4) is 0 Å². The minimum absolute atomic E-state index is 0.0269. The van der Waals surface area contributed by atoms with Gasteiger partial charge in [-0.15, -0.1) is 0 Å². The number of hydrogen-bond acceptors (Lipinski definition) is 17. The van der Waals surface area contributed by atoms with Gasteiger partial charge in [0.1, 0.15) is 73.2 Å². The van der Waals surface area contributed by atoms with Crippen molar-refractivity contribution in [2.45, 2.75) is 242 Å². The Morgan fingerprint density at radius 3 is 1.13 bits per heavy atom. The quantitative estimate of drug-likeness (QED) is 0.0440. The molecule has 0 saturated carbocycles. The molecule has 18 heteroatoms. The minimum atomic E-state index is -2.66. The standard InChI is InChI=1S/C76H98O17Si/c1-49(2)94(50(3)4,51(5)6)93-75-70(66(62(77)52(7)86-75)81-44-57-35-23-14-24-36-57)90-74-71-67(91-76(9,10)92-71)63(53(8)87-74)88-73-69(83-46-59-39-27-16-28-40-59)65(61(48-85-73)79-42-55-31-19-12-20-32-55)89-72-68(82-45-58-37-25-15-26-38-58)64(80-43-56-33-21-13-22-34-56)60(47-84-72)78-41-54-29-17-11-18-30-54/h11-40,49-53,60-75,77H,41-48H2,1-10H3/t52-,53+,60-,61-,62+,63+,64+,65+,66+,67-,68-,69-,70-,71-,72+,73+,74+,75+/m1/s1. The van der Waals surface area contributed by atoms with Gasteiger partial charge in [-0.25, -0.2) is 0 Å². The molecular weight excluding hydrogens is 1210 g/mol. The van der Waals surface area contributed by atoms with Gasteiger partial charge < -0.3 is 80.6 Å². The maximum Gasteiger partial charge on any atom is 0.203 e. The molecule has 0 amide bonds. The van der Waals surface area contributed by atoms with E-state index < -0.39 is 125 Å². The van der Waals surface area contributed by atoms with E-state index in [2.05, 4.69) is 41.5 Å². The van der Waals surface area contributed by atoms with E-state index in [0.717, 1.165) is 33.4 Å². The molecule has 0 bridgehead atoms. The second kappa shape index (κ2) is 32.9. The summed E-state index contributed by atoms with van der Waals surface area (Å²) in [6, 6.07) is 59.9. The van der Waals surface area contributed by atoms with Crippen molar-refractivity contribution in [1.29, 1.82) is 0 Å². The molecule has 6 aromatic rings. The molecule has 1 N–H and O–H groups in total. The first-order valence-corrected chi connectivity index (χ1v) is 35.8. The molecule has 0 aromatic heterocycles. The van der Waals surface area contributed by atoms with E-state index in [1.165, 1.54) is 0 Å². The molecule has 0 aliphatic carbocycles. The SMILES string of the molecule is CC(C)[Si](O[C@@H]1O[C@H](C)[C@H](O)[C@H](OCc2ccccc2)[C@H]1O[C@@H]1O[C@@H](C)[C@H](O[C@@H]2OC[C@@H](OCc3ccccc3)[C@H](O[C@@H]3OC[C@@H](OCc4ccccc4)[C@H](OCc4ccccc4)[C@H]3OCc3ccccc3)[C@H]2OCc2ccccc2)[C@H]2OC(C)(C)O[C@@H]12)(C(C)C)C(C)C. The Hall–Kier alpha value is -5.14. The van der Waals surface area contributed by atoms with Gasteiger partial charge in [0.25, 0.3) is 0 Å². The Kier molecular flexibility index (Phi) is 24.6. The van der Waals surface area contributed by atoms with Crippen LogP contribution in [-0.4, -0.2) is 143 Å².